The molecule has 94 valence electrons. The van der Waals surface area contributed by atoms with Gasteiger partial charge >= 0.3 is 17.9 Å². The highest BCUT2D eigenvalue weighted by molar-refractivity contribution is 5.90. The van der Waals surface area contributed by atoms with Gasteiger partial charge in [-0.15, -0.1) is 0 Å². The number of hydrogen-bond acceptors (Lipinski definition) is 5. The second-order valence-electron chi connectivity index (χ2n) is 2.92. The van der Waals surface area contributed by atoms with Crippen molar-refractivity contribution < 1.29 is 29.0 Å². The van der Waals surface area contributed by atoms with Crippen molar-refractivity contribution in [3.63, 3.8) is 0 Å². The van der Waals surface area contributed by atoms with E-state index in [-0.39, 0.29) is 13.2 Å². The van der Waals surface area contributed by atoms with Gasteiger partial charge in [0.2, 0.25) is 0 Å². The number of aliphatic carboxylic acids is 1. The lowest BCUT2D eigenvalue weighted by molar-refractivity contribution is -0.140. The van der Waals surface area contributed by atoms with E-state index in [0.717, 1.165) is 12.2 Å². The number of carbonyl (C=O) groups excluding carboxylic acids is 2. The van der Waals surface area contributed by atoms with E-state index in [0.29, 0.717) is 18.9 Å². The molecular weight excluding hydrogens is 228 g/mol. The molecule has 1 N–H and O–H groups in total. The molecule has 0 aliphatic rings. The standard InChI is InChI=1S/C11H14O6/c1-2-10(14)16-7-3-4-8-17-11(15)6-5-9(12)13/h2,5-6H,1,3-4,7-8H2,(H,12,13)/b6-5+. The SMILES string of the molecule is C=CC(=O)OCCCCOC(=O)/C=C/C(=O)O. The van der Waals surface area contributed by atoms with E-state index in [9.17, 15) is 14.4 Å². The van der Waals surface area contributed by atoms with Crippen LogP contribution in [0.1, 0.15) is 12.8 Å². The van der Waals surface area contributed by atoms with Gasteiger partial charge in [0, 0.05) is 18.2 Å². The summed E-state index contributed by atoms with van der Waals surface area (Å²) < 4.78 is 9.36. The van der Waals surface area contributed by atoms with Gasteiger partial charge in [0.05, 0.1) is 13.2 Å². The van der Waals surface area contributed by atoms with Gasteiger partial charge in [-0.1, -0.05) is 6.58 Å². The summed E-state index contributed by atoms with van der Waals surface area (Å²) in [5.41, 5.74) is 0. The van der Waals surface area contributed by atoms with Gasteiger partial charge in [-0.2, -0.15) is 0 Å². The maximum atomic E-state index is 10.9. The van der Waals surface area contributed by atoms with E-state index >= 15 is 0 Å². The Balaban J connectivity index is 3.45. The molecule has 0 atom stereocenters. The van der Waals surface area contributed by atoms with Crippen LogP contribution in [0.5, 0.6) is 0 Å². The lowest BCUT2D eigenvalue weighted by atomic mass is 10.3. The van der Waals surface area contributed by atoms with E-state index in [1.165, 1.54) is 0 Å². The number of ether oxygens (including phenoxy) is 2. The molecule has 6 nitrogen and oxygen atoms in total. The molecule has 17 heavy (non-hydrogen) atoms. The fourth-order valence-corrected chi connectivity index (χ4v) is 0.796. The molecule has 6 heteroatoms. The van der Waals surface area contributed by atoms with Crippen molar-refractivity contribution in [2.24, 2.45) is 0 Å². The van der Waals surface area contributed by atoms with Crippen LogP contribution in [0.2, 0.25) is 0 Å². The van der Waals surface area contributed by atoms with E-state index < -0.39 is 17.9 Å². The number of carboxylic acid groups (broad SMARTS) is 1. The summed E-state index contributed by atoms with van der Waals surface area (Å²) in [7, 11) is 0. The van der Waals surface area contributed by atoms with Crippen molar-refractivity contribution in [1.82, 2.24) is 0 Å². The van der Waals surface area contributed by atoms with Gasteiger partial charge in [0.15, 0.2) is 0 Å². The molecule has 0 aromatic rings. The summed E-state index contributed by atoms with van der Waals surface area (Å²) in [6.07, 6.45) is 3.68. The first-order chi connectivity index (χ1) is 8.06. The molecule has 0 rings (SSSR count). The molecule has 0 heterocycles. The van der Waals surface area contributed by atoms with Gasteiger partial charge in [-0.3, -0.25) is 0 Å². The lowest BCUT2D eigenvalue weighted by Gasteiger charge is -2.02. The third-order valence-electron chi connectivity index (χ3n) is 1.56. The van der Waals surface area contributed by atoms with Crippen LogP contribution in [0.3, 0.4) is 0 Å². The quantitative estimate of drug-likeness (QED) is 0.382. The van der Waals surface area contributed by atoms with Crippen LogP contribution in [-0.2, 0) is 23.9 Å². The summed E-state index contributed by atoms with van der Waals surface area (Å²) in [4.78, 5) is 31.5. The third kappa shape index (κ3) is 10.2. The van der Waals surface area contributed by atoms with E-state index in [1.807, 2.05) is 0 Å². The number of carboxylic acids is 1. The minimum absolute atomic E-state index is 0.147. The fourth-order valence-electron chi connectivity index (χ4n) is 0.796. The monoisotopic (exact) mass is 242 g/mol. The Morgan fingerprint density at radius 3 is 2.00 bits per heavy atom. The Morgan fingerprint density at radius 2 is 1.53 bits per heavy atom. The molecule has 0 aliphatic carbocycles. The summed E-state index contributed by atoms with van der Waals surface area (Å²) in [6, 6.07) is 0. The highest BCUT2D eigenvalue weighted by Crippen LogP contribution is 1.93. The average molecular weight is 242 g/mol. The molecule has 0 saturated heterocycles. The van der Waals surface area contributed by atoms with Crippen molar-refractivity contribution in [2.45, 2.75) is 12.8 Å². The van der Waals surface area contributed by atoms with Crippen LogP contribution < -0.4 is 0 Å². The maximum Gasteiger partial charge on any atom is 0.331 e. The van der Waals surface area contributed by atoms with E-state index in [1.54, 1.807) is 0 Å². The van der Waals surface area contributed by atoms with Crippen LogP contribution in [0.25, 0.3) is 0 Å². The zero-order valence-corrected chi connectivity index (χ0v) is 9.26. The number of esters is 2. The molecular formula is C11H14O6. The van der Waals surface area contributed by atoms with Crippen LogP contribution in [0, 0.1) is 0 Å². The Kier molecular flexibility index (Phi) is 8.01. The van der Waals surface area contributed by atoms with Crippen LogP contribution >= 0.6 is 0 Å². The fraction of sp³-hybridized carbons (Fsp3) is 0.364. The summed E-state index contributed by atoms with van der Waals surface area (Å²) >= 11 is 0. The molecule has 0 spiro atoms. The van der Waals surface area contributed by atoms with Crippen molar-refractivity contribution in [2.75, 3.05) is 13.2 Å². The number of rotatable bonds is 8. The Morgan fingerprint density at radius 1 is 1.00 bits per heavy atom. The number of unbranched alkanes of at least 4 members (excludes halogenated alkanes) is 1. The number of carbonyl (C=O) groups is 3. The highest BCUT2D eigenvalue weighted by Gasteiger charge is 1.99. The Labute approximate surface area is 98.5 Å². The van der Waals surface area contributed by atoms with Gasteiger partial charge in [-0.05, 0) is 12.8 Å². The third-order valence-corrected chi connectivity index (χ3v) is 1.56. The normalized spacial score (nSPS) is 9.88. The molecule has 0 saturated carbocycles. The number of hydrogen-bond donors (Lipinski definition) is 1. The largest absolute Gasteiger partial charge is 0.478 e. The van der Waals surface area contributed by atoms with Crippen LogP contribution in [0.15, 0.2) is 24.8 Å². The first-order valence-corrected chi connectivity index (χ1v) is 4.93. The molecule has 0 unspecified atom stereocenters. The average Bonchev–Trinajstić information content (AvgIpc) is 2.30. The molecule has 0 bridgehead atoms. The van der Waals surface area contributed by atoms with Crippen molar-refractivity contribution in [3.8, 4) is 0 Å². The maximum absolute atomic E-state index is 10.9. The topological polar surface area (TPSA) is 89.9 Å². The zero-order chi connectivity index (χ0) is 13.1. The minimum Gasteiger partial charge on any atom is -0.478 e. The molecule has 0 aromatic carbocycles. The minimum atomic E-state index is -1.21. The Hall–Kier alpha value is -2.11. The molecule has 0 fully saturated rings. The molecule has 0 aliphatic heterocycles. The van der Waals surface area contributed by atoms with Gasteiger partial charge in [0.1, 0.15) is 0 Å². The van der Waals surface area contributed by atoms with Crippen LogP contribution in [0.4, 0.5) is 0 Å². The Bertz CT molecular complexity index is 318. The van der Waals surface area contributed by atoms with Crippen molar-refractivity contribution in [1.29, 1.82) is 0 Å². The summed E-state index contributed by atoms with van der Waals surface area (Å²) in [6.45, 7) is 3.61. The van der Waals surface area contributed by atoms with Crippen molar-refractivity contribution >= 4 is 17.9 Å². The highest BCUT2D eigenvalue weighted by atomic mass is 16.5. The second-order valence-corrected chi connectivity index (χ2v) is 2.92. The summed E-state index contributed by atoms with van der Waals surface area (Å²) in [5.74, 6) is -2.42. The predicted octanol–water partition coefficient (Wildman–Crippen LogP) is 0.680. The molecule has 0 aromatic heterocycles. The smallest absolute Gasteiger partial charge is 0.331 e. The molecule has 0 amide bonds. The van der Waals surface area contributed by atoms with Crippen molar-refractivity contribution in [3.05, 3.63) is 24.8 Å². The summed E-state index contributed by atoms with van der Waals surface area (Å²) in [5, 5.41) is 8.23. The first-order valence-electron chi connectivity index (χ1n) is 4.93. The van der Waals surface area contributed by atoms with Gasteiger partial charge < -0.3 is 14.6 Å². The molecule has 0 radical (unpaired) electrons. The zero-order valence-electron chi connectivity index (χ0n) is 9.26. The van der Waals surface area contributed by atoms with E-state index in [4.69, 9.17) is 5.11 Å². The van der Waals surface area contributed by atoms with E-state index in [2.05, 4.69) is 16.1 Å². The second kappa shape index (κ2) is 9.14. The lowest BCUT2D eigenvalue weighted by Crippen LogP contribution is -2.06. The predicted molar refractivity (Wildman–Crippen MR) is 58.1 cm³/mol. The van der Waals surface area contributed by atoms with Gasteiger partial charge in [-0.25, -0.2) is 14.4 Å². The van der Waals surface area contributed by atoms with Gasteiger partial charge in [0.25, 0.3) is 0 Å². The van der Waals surface area contributed by atoms with Crippen LogP contribution in [-0.4, -0.2) is 36.2 Å². The first kappa shape index (κ1) is 14.9.